The number of Topliss-reactive ketones (excluding diaryl/α,β-unsaturated/α-hetero) is 1. The third-order valence-electron chi connectivity index (χ3n) is 6.04. The number of nitrogens with zero attached hydrogens (tertiary/aromatic N) is 2. The number of hydrogen-bond donors (Lipinski definition) is 0. The number of benzene rings is 1. The molecule has 1 unspecified atom stereocenters. The van der Waals surface area contributed by atoms with E-state index in [1.165, 1.54) is 17.4 Å². The van der Waals surface area contributed by atoms with Crippen molar-refractivity contribution in [3.05, 3.63) is 47.4 Å². The van der Waals surface area contributed by atoms with Crippen LogP contribution in [0.5, 0.6) is 0 Å². The third-order valence-corrected chi connectivity index (χ3v) is 6.04. The molecule has 0 spiro atoms. The number of fused-ring (bicyclic) bond motifs is 1. The van der Waals surface area contributed by atoms with E-state index < -0.39 is 12.1 Å². The lowest BCUT2D eigenvalue weighted by Crippen LogP contribution is -2.45. The molecule has 4 rings (SSSR count). The highest BCUT2D eigenvalue weighted by atomic mass is 19.4. The molecule has 1 atom stereocenters. The highest BCUT2D eigenvalue weighted by Gasteiger charge is 2.43. The van der Waals surface area contributed by atoms with Crippen molar-refractivity contribution in [1.82, 2.24) is 9.80 Å². The normalized spacial score (nSPS) is 22.7. The maximum absolute atomic E-state index is 12.5. The van der Waals surface area contributed by atoms with E-state index in [1.54, 1.807) is 0 Å². The molecule has 0 aromatic heterocycles. The molecule has 0 saturated carbocycles. The van der Waals surface area contributed by atoms with Gasteiger partial charge in [0, 0.05) is 32.7 Å². The van der Waals surface area contributed by atoms with Gasteiger partial charge in [-0.1, -0.05) is 24.3 Å². The molecule has 0 aliphatic carbocycles. The van der Waals surface area contributed by atoms with E-state index in [0.29, 0.717) is 19.4 Å². The van der Waals surface area contributed by atoms with Gasteiger partial charge in [0.1, 0.15) is 12.4 Å². The summed E-state index contributed by atoms with van der Waals surface area (Å²) in [5.41, 5.74) is 2.60. The molecular weight excluding hydrogens is 413 g/mol. The van der Waals surface area contributed by atoms with Gasteiger partial charge in [-0.2, -0.15) is 13.2 Å². The topological polar surface area (TPSA) is 59.1 Å². The minimum atomic E-state index is -4.84. The number of carbonyl (C=O) groups excluding carboxylic acids is 2. The Morgan fingerprint density at radius 1 is 1.13 bits per heavy atom. The molecule has 9 heteroatoms. The molecule has 1 aromatic carbocycles. The minimum absolute atomic E-state index is 0.00758. The molecule has 1 amide bonds. The quantitative estimate of drug-likeness (QED) is 0.708. The molecule has 3 aliphatic heterocycles. The lowest BCUT2D eigenvalue weighted by molar-refractivity contribution is -0.186. The largest absolute Gasteiger partial charge is 0.492 e. The smallest absolute Gasteiger partial charge is 0.471 e. The standard InChI is InChI=1S/C22H25F3N2O4/c23-22(24,25)21(29)27-7-5-15(6-8-27)13-31-20-14-30-18(9-19(20)28)12-26-10-16-3-1-2-4-17(16)11-26/h1-4,14-15,18H,5-13H2. The molecular formula is C22H25F3N2O4. The average Bonchev–Trinajstić information content (AvgIpc) is 3.14. The Balaban J connectivity index is 1.20. The summed E-state index contributed by atoms with van der Waals surface area (Å²) in [5.74, 6) is -1.77. The van der Waals surface area contributed by atoms with Gasteiger partial charge in [-0.3, -0.25) is 14.5 Å². The van der Waals surface area contributed by atoms with E-state index in [4.69, 9.17) is 9.47 Å². The number of piperidine rings is 1. The van der Waals surface area contributed by atoms with E-state index in [9.17, 15) is 22.8 Å². The average molecular weight is 438 g/mol. The maximum Gasteiger partial charge on any atom is 0.471 e. The maximum atomic E-state index is 12.5. The zero-order valence-corrected chi connectivity index (χ0v) is 17.1. The number of ether oxygens (including phenoxy) is 2. The van der Waals surface area contributed by atoms with Crippen molar-refractivity contribution in [1.29, 1.82) is 0 Å². The van der Waals surface area contributed by atoms with Gasteiger partial charge in [0.25, 0.3) is 0 Å². The van der Waals surface area contributed by atoms with Crippen molar-refractivity contribution in [2.45, 2.75) is 44.6 Å². The summed E-state index contributed by atoms with van der Waals surface area (Å²) in [6.45, 7) is 2.63. The molecule has 1 aromatic rings. The van der Waals surface area contributed by atoms with Gasteiger partial charge in [0.05, 0.1) is 13.0 Å². The molecule has 0 bridgehead atoms. The Kier molecular flexibility index (Phi) is 6.22. The van der Waals surface area contributed by atoms with Crippen LogP contribution in [0.15, 0.2) is 36.3 Å². The van der Waals surface area contributed by atoms with Gasteiger partial charge in [-0.05, 0) is 29.9 Å². The fraction of sp³-hybridized carbons (Fsp3) is 0.545. The van der Waals surface area contributed by atoms with E-state index in [-0.39, 0.29) is 49.7 Å². The molecule has 6 nitrogen and oxygen atoms in total. The van der Waals surface area contributed by atoms with Crippen LogP contribution < -0.4 is 0 Å². The Hall–Kier alpha value is -2.55. The van der Waals surface area contributed by atoms with Gasteiger partial charge in [-0.25, -0.2) is 0 Å². The first-order valence-electron chi connectivity index (χ1n) is 10.5. The van der Waals surface area contributed by atoms with Gasteiger partial charge in [0.15, 0.2) is 5.76 Å². The molecule has 3 heterocycles. The zero-order valence-electron chi connectivity index (χ0n) is 17.1. The van der Waals surface area contributed by atoms with Crippen LogP contribution in [0.1, 0.15) is 30.4 Å². The number of hydrogen-bond acceptors (Lipinski definition) is 5. The van der Waals surface area contributed by atoms with E-state index in [2.05, 4.69) is 17.0 Å². The predicted molar refractivity (Wildman–Crippen MR) is 104 cm³/mol. The molecule has 0 N–H and O–H groups in total. The van der Waals surface area contributed by atoms with E-state index >= 15 is 0 Å². The van der Waals surface area contributed by atoms with E-state index in [1.807, 2.05) is 12.1 Å². The Morgan fingerprint density at radius 3 is 2.35 bits per heavy atom. The number of carbonyl (C=O) groups is 2. The summed E-state index contributed by atoms with van der Waals surface area (Å²) in [5, 5.41) is 0. The summed E-state index contributed by atoms with van der Waals surface area (Å²) in [6, 6.07) is 8.26. The fourth-order valence-electron chi connectivity index (χ4n) is 4.31. The first kappa shape index (κ1) is 21.7. The highest BCUT2D eigenvalue weighted by molar-refractivity contribution is 5.94. The van der Waals surface area contributed by atoms with Crippen molar-refractivity contribution in [2.75, 3.05) is 26.2 Å². The van der Waals surface area contributed by atoms with Gasteiger partial charge in [0.2, 0.25) is 5.78 Å². The van der Waals surface area contributed by atoms with Crippen LogP contribution in [0.25, 0.3) is 0 Å². The van der Waals surface area contributed by atoms with Crippen LogP contribution in [-0.4, -0.2) is 60.0 Å². The Labute approximate surface area is 178 Å². The molecule has 3 aliphatic rings. The van der Waals surface area contributed by atoms with Crippen LogP contribution >= 0.6 is 0 Å². The molecule has 1 fully saturated rings. The summed E-state index contributed by atoms with van der Waals surface area (Å²) in [6.07, 6.45) is -2.66. The van der Waals surface area contributed by atoms with Gasteiger partial charge >= 0.3 is 12.1 Å². The van der Waals surface area contributed by atoms with Gasteiger partial charge < -0.3 is 14.4 Å². The number of rotatable bonds is 5. The molecule has 1 saturated heterocycles. The Bertz CT molecular complexity index is 838. The second-order valence-corrected chi connectivity index (χ2v) is 8.35. The number of ketones is 1. The Morgan fingerprint density at radius 2 is 1.77 bits per heavy atom. The summed E-state index contributed by atoms with van der Waals surface area (Å²) in [7, 11) is 0. The second-order valence-electron chi connectivity index (χ2n) is 8.35. The van der Waals surface area contributed by atoms with Crippen LogP contribution in [-0.2, 0) is 32.2 Å². The number of alkyl halides is 3. The fourth-order valence-corrected chi connectivity index (χ4v) is 4.31. The second kappa shape index (κ2) is 8.90. The van der Waals surface area contributed by atoms with Crippen molar-refractivity contribution >= 4 is 11.7 Å². The summed E-state index contributed by atoms with van der Waals surface area (Å²) < 4.78 is 48.9. The van der Waals surface area contributed by atoms with E-state index in [0.717, 1.165) is 18.0 Å². The van der Waals surface area contributed by atoms with Crippen molar-refractivity contribution in [2.24, 2.45) is 5.92 Å². The van der Waals surface area contributed by atoms with Crippen molar-refractivity contribution in [3.8, 4) is 0 Å². The van der Waals surface area contributed by atoms with Gasteiger partial charge in [-0.15, -0.1) is 0 Å². The molecule has 0 radical (unpaired) electrons. The summed E-state index contributed by atoms with van der Waals surface area (Å²) in [4.78, 5) is 26.8. The lowest BCUT2D eigenvalue weighted by atomic mass is 9.97. The highest BCUT2D eigenvalue weighted by Crippen LogP contribution is 2.27. The number of allylic oxidation sites excluding steroid dienone is 1. The minimum Gasteiger partial charge on any atom is -0.492 e. The SMILES string of the molecule is O=C1CC(CN2Cc3ccccc3C2)OC=C1OCC1CCN(C(=O)C(F)(F)F)CC1. The number of likely N-dealkylation sites (tertiary alicyclic amines) is 1. The van der Waals surface area contributed by atoms with Crippen LogP contribution in [0.2, 0.25) is 0 Å². The van der Waals surface area contributed by atoms with Crippen LogP contribution in [0, 0.1) is 5.92 Å². The predicted octanol–water partition coefficient (Wildman–Crippen LogP) is 3.02. The number of amides is 1. The zero-order chi connectivity index (χ0) is 22.0. The lowest BCUT2D eigenvalue weighted by Gasteiger charge is -2.32. The van der Waals surface area contributed by atoms with Crippen LogP contribution in [0.3, 0.4) is 0 Å². The van der Waals surface area contributed by atoms with Crippen LogP contribution in [0.4, 0.5) is 13.2 Å². The third kappa shape index (κ3) is 5.20. The van der Waals surface area contributed by atoms with Crippen molar-refractivity contribution < 1.29 is 32.2 Å². The first-order chi connectivity index (χ1) is 14.8. The number of halogens is 3. The molecule has 168 valence electrons. The molecule has 31 heavy (non-hydrogen) atoms. The monoisotopic (exact) mass is 438 g/mol. The van der Waals surface area contributed by atoms with Crippen molar-refractivity contribution in [3.63, 3.8) is 0 Å². The summed E-state index contributed by atoms with van der Waals surface area (Å²) >= 11 is 0. The first-order valence-corrected chi connectivity index (χ1v) is 10.5.